The average molecular weight is 365 g/mol. The lowest BCUT2D eigenvalue weighted by Crippen LogP contribution is -2.40. The molecule has 0 saturated carbocycles. The number of nitrogens with zero attached hydrogens (tertiary/aromatic N) is 2. The summed E-state index contributed by atoms with van der Waals surface area (Å²) in [5, 5.41) is 0. The van der Waals surface area contributed by atoms with Crippen LogP contribution in [0.2, 0.25) is 0 Å². The second-order valence-electron chi connectivity index (χ2n) is 6.75. The summed E-state index contributed by atoms with van der Waals surface area (Å²) in [6, 6.07) is 14.5. The Labute approximate surface area is 159 Å². The number of aliphatic imine (C=N–C) groups is 1. The first kappa shape index (κ1) is 18.8. The van der Waals surface area contributed by atoms with Gasteiger partial charge in [0.1, 0.15) is 5.82 Å². The quantitative estimate of drug-likeness (QED) is 0.904. The van der Waals surface area contributed by atoms with Crippen LogP contribution in [0.4, 0.5) is 4.39 Å². The summed E-state index contributed by atoms with van der Waals surface area (Å²) >= 11 is 0. The Bertz CT molecular complexity index is 883. The number of hydrogen-bond donors (Lipinski definition) is 1. The molecule has 0 bridgehead atoms. The second kappa shape index (κ2) is 8.16. The third-order valence-electron chi connectivity index (χ3n) is 4.94. The molecule has 1 heterocycles. The number of carbonyl (C=O) groups is 1. The minimum Gasteiger partial charge on any atom is -0.401 e. The van der Waals surface area contributed by atoms with Gasteiger partial charge in [-0.3, -0.25) is 9.79 Å². The van der Waals surface area contributed by atoms with Crippen LogP contribution in [0.25, 0.3) is 11.1 Å². The van der Waals surface area contributed by atoms with Gasteiger partial charge in [0.25, 0.3) is 0 Å². The second-order valence-corrected chi connectivity index (χ2v) is 6.75. The molecule has 140 valence electrons. The number of allylic oxidation sites excluding steroid dienone is 1. The van der Waals surface area contributed by atoms with Crippen molar-refractivity contribution in [2.45, 2.75) is 19.8 Å². The van der Waals surface area contributed by atoms with Crippen molar-refractivity contribution in [3.05, 3.63) is 71.2 Å². The van der Waals surface area contributed by atoms with E-state index in [1.165, 1.54) is 12.1 Å². The van der Waals surface area contributed by atoms with Gasteiger partial charge in [0.15, 0.2) is 0 Å². The molecule has 1 saturated heterocycles. The van der Waals surface area contributed by atoms with Gasteiger partial charge in [0.05, 0.1) is 0 Å². The van der Waals surface area contributed by atoms with E-state index in [0.29, 0.717) is 19.5 Å². The van der Waals surface area contributed by atoms with Gasteiger partial charge in [-0.25, -0.2) is 4.39 Å². The van der Waals surface area contributed by atoms with E-state index in [9.17, 15) is 9.18 Å². The Morgan fingerprint density at radius 3 is 2.26 bits per heavy atom. The van der Waals surface area contributed by atoms with Gasteiger partial charge in [-0.1, -0.05) is 36.4 Å². The van der Waals surface area contributed by atoms with Gasteiger partial charge in [0.2, 0.25) is 5.91 Å². The first-order chi connectivity index (χ1) is 13.0. The molecule has 0 atom stereocenters. The minimum absolute atomic E-state index is 0.0547. The van der Waals surface area contributed by atoms with Gasteiger partial charge in [-0.15, -0.1) is 0 Å². The van der Waals surface area contributed by atoms with Gasteiger partial charge >= 0.3 is 0 Å². The van der Waals surface area contributed by atoms with Gasteiger partial charge < -0.3 is 10.6 Å². The highest BCUT2D eigenvalue weighted by molar-refractivity contribution is 6.02. The van der Waals surface area contributed by atoms with E-state index in [4.69, 9.17) is 5.73 Å². The predicted molar refractivity (Wildman–Crippen MR) is 107 cm³/mol. The normalized spacial score (nSPS) is 17.9. The number of piperidine rings is 1. The highest BCUT2D eigenvalue weighted by atomic mass is 19.1. The minimum atomic E-state index is -0.241. The van der Waals surface area contributed by atoms with E-state index >= 15 is 0 Å². The lowest BCUT2D eigenvalue weighted by molar-refractivity contribution is -0.128. The Kier molecular flexibility index (Phi) is 5.69. The molecule has 3 rings (SSSR count). The highest BCUT2D eigenvalue weighted by Crippen LogP contribution is 2.22. The molecular formula is C22H24FN3O. The van der Waals surface area contributed by atoms with E-state index in [0.717, 1.165) is 40.1 Å². The number of hydrogen-bond acceptors (Lipinski definition) is 3. The van der Waals surface area contributed by atoms with Crippen molar-refractivity contribution in [2.75, 3.05) is 20.1 Å². The van der Waals surface area contributed by atoms with Crippen LogP contribution in [-0.4, -0.2) is 36.7 Å². The molecular weight excluding hydrogens is 341 g/mol. The lowest BCUT2D eigenvalue weighted by Gasteiger charge is -2.30. The van der Waals surface area contributed by atoms with Crippen LogP contribution in [0.5, 0.6) is 0 Å². The molecule has 1 aliphatic heterocycles. The molecule has 1 aliphatic rings. The van der Waals surface area contributed by atoms with Crippen LogP contribution < -0.4 is 5.73 Å². The maximum atomic E-state index is 13.1. The van der Waals surface area contributed by atoms with E-state index in [2.05, 4.69) is 4.99 Å². The monoisotopic (exact) mass is 365 g/mol. The largest absolute Gasteiger partial charge is 0.401 e. The molecule has 1 fully saturated rings. The Balaban J connectivity index is 1.79. The standard InChI is InChI=1S/C22H24FN3O/c1-15(27)26-12-11-22(25-2)20(14-26)21(24)13-16-3-5-17(6-4-16)18-7-9-19(23)10-8-18/h3-10H,11-14,24H2,1-2H3. The average Bonchev–Trinajstić information content (AvgIpc) is 2.68. The van der Waals surface area contributed by atoms with E-state index in [-0.39, 0.29) is 11.7 Å². The van der Waals surface area contributed by atoms with Crippen molar-refractivity contribution in [3.63, 3.8) is 0 Å². The fourth-order valence-electron chi connectivity index (χ4n) is 3.34. The molecule has 2 aromatic rings. The SMILES string of the molecule is CN=C1CCN(C(C)=O)CC1=C(N)Cc1ccc(-c2ccc(F)cc2)cc1. The number of carbonyl (C=O) groups excluding carboxylic acids is 1. The third kappa shape index (κ3) is 4.42. The molecule has 27 heavy (non-hydrogen) atoms. The summed E-state index contributed by atoms with van der Waals surface area (Å²) in [5.41, 5.74) is 12.2. The molecule has 2 aromatic carbocycles. The summed E-state index contributed by atoms with van der Waals surface area (Å²) < 4.78 is 13.1. The number of rotatable bonds is 3. The Morgan fingerprint density at radius 1 is 1.11 bits per heavy atom. The van der Waals surface area contributed by atoms with E-state index in [1.54, 1.807) is 31.0 Å². The molecule has 0 aliphatic carbocycles. The molecule has 1 amide bonds. The van der Waals surface area contributed by atoms with Crippen molar-refractivity contribution in [2.24, 2.45) is 10.7 Å². The van der Waals surface area contributed by atoms with Gasteiger partial charge in [-0.05, 0) is 28.8 Å². The number of amides is 1. The first-order valence-electron chi connectivity index (χ1n) is 9.02. The smallest absolute Gasteiger partial charge is 0.219 e. The molecule has 0 aromatic heterocycles. The molecule has 2 N–H and O–H groups in total. The fraction of sp³-hybridized carbons (Fsp3) is 0.273. The molecule has 0 spiro atoms. The maximum absolute atomic E-state index is 13.1. The molecule has 0 unspecified atom stereocenters. The summed E-state index contributed by atoms with van der Waals surface area (Å²) in [6.07, 6.45) is 1.33. The number of halogens is 1. The van der Waals surface area contributed by atoms with Crippen LogP contribution in [0.1, 0.15) is 18.9 Å². The lowest BCUT2D eigenvalue weighted by atomic mass is 9.96. The van der Waals surface area contributed by atoms with Crippen molar-refractivity contribution >= 4 is 11.6 Å². The summed E-state index contributed by atoms with van der Waals surface area (Å²) in [4.78, 5) is 17.9. The highest BCUT2D eigenvalue weighted by Gasteiger charge is 2.23. The zero-order valence-electron chi connectivity index (χ0n) is 15.7. The predicted octanol–water partition coefficient (Wildman–Crippen LogP) is 3.57. The van der Waals surface area contributed by atoms with Crippen LogP contribution in [0, 0.1) is 5.82 Å². The van der Waals surface area contributed by atoms with Crippen LogP contribution in [0.15, 0.2) is 64.8 Å². The Morgan fingerprint density at radius 2 is 1.70 bits per heavy atom. The first-order valence-corrected chi connectivity index (χ1v) is 9.02. The topological polar surface area (TPSA) is 58.7 Å². The van der Waals surface area contributed by atoms with Gasteiger partial charge in [0, 0.05) is 56.9 Å². The number of likely N-dealkylation sites (tertiary alicyclic amines) is 1. The van der Waals surface area contributed by atoms with Gasteiger partial charge in [-0.2, -0.15) is 0 Å². The zero-order chi connectivity index (χ0) is 19.4. The maximum Gasteiger partial charge on any atom is 0.219 e. The summed E-state index contributed by atoms with van der Waals surface area (Å²) in [7, 11) is 1.77. The molecule has 5 heteroatoms. The zero-order valence-corrected chi connectivity index (χ0v) is 15.7. The molecule has 0 radical (unpaired) electrons. The Hall–Kier alpha value is -2.95. The molecule has 4 nitrogen and oxygen atoms in total. The fourth-order valence-corrected chi connectivity index (χ4v) is 3.34. The van der Waals surface area contributed by atoms with Crippen LogP contribution in [0.3, 0.4) is 0 Å². The van der Waals surface area contributed by atoms with Crippen molar-refractivity contribution in [1.29, 1.82) is 0 Å². The van der Waals surface area contributed by atoms with Crippen LogP contribution in [-0.2, 0) is 11.2 Å². The van der Waals surface area contributed by atoms with Crippen LogP contribution >= 0.6 is 0 Å². The number of benzene rings is 2. The van der Waals surface area contributed by atoms with E-state index < -0.39 is 0 Å². The van der Waals surface area contributed by atoms with Crippen molar-refractivity contribution < 1.29 is 9.18 Å². The third-order valence-corrected chi connectivity index (χ3v) is 4.94. The van der Waals surface area contributed by atoms with Crippen molar-refractivity contribution in [3.8, 4) is 11.1 Å². The van der Waals surface area contributed by atoms with Crippen molar-refractivity contribution in [1.82, 2.24) is 4.90 Å². The summed E-state index contributed by atoms with van der Waals surface area (Å²) in [5.74, 6) is -0.186. The van der Waals surface area contributed by atoms with E-state index in [1.807, 2.05) is 24.3 Å². The number of nitrogens with two attached hydrogens (primary N) is 1. The summed E-state index contributed by atoms with van der Waals surface area (Å²) in [6.45, 7) is 2.78.